The second-order valence-electron chi connectivity index (χ2n) is 7.81. The lowest BCUT2D eigenvalue weighted by Crippen LogP contribution is -2.47. The minimum absolute atomic E-state index is 0.0299. The average Bonchev–Trinajstić information content (AvgIpc) is 2.98. The topological polar surface area (TPSA) is 50.8 Å². The Balaban J connectivity index is 1.92. The minimum Gasteiger partial charge on any atom is -0.444 e. The van der Waals surface area contributed by atoms with E-state index in [2.05, 4.69) is 19.2 Å². The fourth-order valence-corrected chi connectivity index (χ4v) is 2.80. The van der Waals surface area contributed by atoms with Crippen LogP contribution in [0.2, 0.25) is 0 Å². The van der Waals surface area contributed by atoms with Gasteiger partial charge in [0.05, 0.1) is 18.7 Å². The van der Waals surface area contributed by atoms with E-state index in [9.17, 15) is 4.79 Å². The molecule has 2 unspecified atom stereocenters. The molecule has 2 aliphatic rings. The molecule has 5 nitrogen and oxygen atoms in total. The predicted molar refractivity (Wildman–Crippen MR) is 82.3 cm³/mol. The van der Waals surface area contributed by atoms with E-state index in [0.29, 0.717) is 24.5 Å². The summed E-state index contributed by atoms with van der Waals surface area (Å²) in [7, 11) is 1.71. The normalized spacial score (nSPS) is 29.3. The van der Waals surface area contributed by atoms with Gasteiger partial charge in [-0.05, 0) is 46.0 Å². The average molecular weight is 298 g/mol. The number of hydrogen-bond donors (Lipinski definition) is 1. The maximum Gasteiger partial charge on any atom is 0.410 e. The van der Waals surface area contributed by atoms with Crippen LogP contribution in [-0.4, -0.2) is 55.0 Å². The molecular weight excluding hydrogens is 268 g/mol. The molecule has 122 valence electrons. The molecule has 1 N–H and O–H groups in total. The molecule has 0 spiro atoms. The minimum atomic E-state index is -0.458. The van der Waals surface area contributed by atoms with Gasteiger partial charge in [-0.25, -0.2) is 4.79 Å². The van der Waals surface area contributed by atoms with Crippen LogP contribution in [0.25, 0.3) is 0 Å². The molecule has 5 heteroatoms. The Labute approximate surface area is 128 Å². The first-order valence-corrected chi connectivity index (χ1v) is 7.91. The summed E-state index contributed by atoms with van der Waals surface area (Å²) in [6.45, 7) is 11.4. The Bertz CT molecular complexity index is 387. The van der Waals surface area contributed by atoms with Gasteiger partial charge in [0.25, 0.3) is 0 Å². The third kappa shape index (κ3) is 4.10. The summed E-state index contributed by atoms with van der Waals surface area (Å²) in [5, 5.41) is 3.66. The molecular formula is C16H30N2O3. The van der Waals surface area contributed by atoms with E-state index in [-0.39, 0.29) is 18.2 Å². The first-order chi connectivity index (χ1) is 9.64. The summed E-state index contributed by atoms with van der Waals surface area (Å²) in [6.07, 6.45) is 2.34. The summed E-state index contributed by atoms with van der Waals surface area (Å²) in [6, 6.07) is 0.619. The Morgan fingerprint density at radius 1 is 1.33 bits per heavy atom. The monoisotopic (exact) mass is 298 g/mol. The molecule has 1 saturated carbocycles. The van der Waals surface area contributed by atoms with Crippen molar-refractivity contribution in [2.24, 2.45) is 5.41 Å². The van der Waals surface area contributed by atoms with Gasteiger partial charge in [0.1, 0.15) is 5.60 Å². The Morgan fingerprint density at radius 3 is 2.43 bits per heavy atom. The predicted octanol–water partition coefficient (Wildman–Crippen LogP) is 2.40. The second kappa shape index (κ2) is 5.76. The number of carbonyl (C=O) groups excluding carboxylic acids is 1. The van der Waals surface area contributed by atoms with E-state index in [1.807, 2.05) is 20.8 Å². The fourth-order valence-electron chi connectivity index (χ4n) is 2.80. The molecule has 0 radical (unpaired) electrons. The van der Waals surface area contributed by atoms with Gasteiger partial charge in [0.15, 0.2) is 0 Å². The number of rotatable bonds is 4. The van der Waals surface area contributed by atoms with Crippen LogP contribution >= 0.6 is 0 Å². The van der Waals surface area contributed by atoms with Gasteiger partial charge in [0.2, 0.25) is 0 Å². The number of nitrogens with zero attached hydrogens (tertiary/aromatic N) is 1. The fraction of sp³-hybridized carbons (Fsp3) is 0.938. The summed E-state index contributed by atoms with van der Waals surface area (Å²) in [4.78, 5) is 13.9. The molecule has 1 aliphatic heterocycles. The molecule has 21 heavy (non-hydrogen) atoms. The van der Waals surface area contributed by atoms with Crippen LogP contribution in [0.4, 0.5) is 4.79 Å². The Hall–Kier alpha value is -0.810. The van der Waals surface area contributed by atoms with E-state index in [1.54, 1.807) is 12.0 Å². The molecule has 0 aromatic rings. The Morgan fingerprint density at radius 2 is 1.95 bits per heavy atom. The number of hydrogen-bond acceptors (Lipinski definition) is 4. The van der Waals surface area contributed by atoms with Gasteiger partial charge in [-0.2, -0.15) is 0 Å². The molecule has 0 aromatic carbocycles. The summed E-state index contributed by atoms with van der Waals surface area (Å²) >= 11 is 0. The molecule has 1 amide bonds. The van der Waals surface area contributed by atoms with Crippen molar-refractivity contribution in [3.05, 3.63) is 0 Å². The molecule has 1 aliphatic carbocycles. The SMILES string of the molecule is CO[C@H]1CN(C(=O)OC(C)(C)C)CC1NC(C)C1(C)CC1. The van der Waals surface area contributed by atoms with Gasteiger partial charge >= 0.3 is 6.09 Å². The van der Waals surface area contributed by atoms with Crippen molar-refractivity contribution in [1.82, 2.24) is 10.2 Å². The molecule has 3 atom stereocenters. The number of nitrogens with one attached hydrogen (secondary N) is 1. The van der Waals surface area contributed by atoms with Crippen LogP contribution in [0, 0.1) is 5.41 Å². The van der Waals surface area contributed by atoms with E-state index in [1.165, 1.54) is 12.8 Å². The van der Waals surface area contributed by atoms with Crippen LogP contribution in [0.15, 0.2) is 0 Å². The third-order valence-electron chi connectivity index (χ3n) is 4.77. The second-order valence-corrected chi connectivity index (χ2v) is 7.81. The molecule has 1 heterocycles. The van der Waals surface area contributed by atoms with Gasteiger partial charge < -0.3 is 19.7 Å². The van der Waals surface area contributed by atoms with Crippen molar-refractivity contribution in [3.8, 4) is 0 Å². The molecule has 2 rings (SSSR count). The number of carbonyl (C=O) groups is 1. The Kier molecular flexibility index (Phi) is 4.54. The molecule has 2 fully saturated rings. The maximum absolute atomic E-state index is 12.2. The number of likely N-dealkylation sites (tertiary alicyclic amines) is 1. The summed E-state index contributed by atoms with van der Waals surface area (Å²) in [5.41, 5.74) is -0.0441. The van der Waals surface area contributed by atoms with Gasteiger partial charge in [0, 0.05) is 19.7 Å². The van der Waals surface area contributed by atoms with Gasteiger partial charge in [-0.3, -0.25) is 0 Å². The molecule has 1 saturated heterocycles. The van der Waals surface area contributed by atoms with Crippen molar-refractivity contribution in [2.45, 2.75) is 71.2 Å². The highest BCUT2D eigenvalue weighted by molar-refractivity contribution is 5.68. The number of amides is 1. The summed E-state index contributed by atoms with van der Waals surface area (Å²) < 4.78 is 11.0. The lowest BCUT2D eigenvalue weighted by molar-refractivity contribution is 0.0252. The zero-order valence-corrected chi connectivity index (χ0v) is 14.2. The lowest BCUT2D eigenvalue weighted by Gasteiger charge is -2.27. The highest BCUT2D eigenvalue weighted by atomic mass is 16.6. The van der Waals surface area contributed by atoms with Crippen molar-refractivity contribution >= 4 is 6.09 Å². The first kappa shape index (κ1) is 16.6. The highest BCUT2D eigenvalue weighted by Gasteiger charge is 2.45. The quantitative estimate of drug-likeness (QED) is 0.866. The number of ether oxygens (including phenoxy) is 2. The van der Waals surface area contributed by atoms with E-state index in [0.717, 1.165) is 0 Å². The smallest absolute Gasteiger partial charge is 0.410 e. The van der Waals surface area contributed by atoms with Crippen molar-refractivity contribution in [1.29, 1.82) is 0 Å². The largest absolute Gasteiger partial charge is 0.444 e. The zero-order valence-electron chi connectivity index (χ0n) is 14.2. The number of methoxy groups -OCH3 is 1. The van der Waals surface area contributed by atoms with E-state index in [4.69, 9.17) is 9.47 Å². The van der Waals surface area contributed by atoms with E-state index >= 15 is 0 Å². The van der Waals surface area contributed by atoms with Crippen molar-refractivity contribution in [2.75, 3.05) is 20.2 Å². The van der Waals surface area contributed by atoms with Gasteiger partial charge in [-0.1, -0.05) is 6.92 Å². The zero-order chi connectivity index (χ0) is 15.8. The van der Waals surface area contributed by atoms with Crippen LogP contribution < -0.4 is 5.32 Å². The molecule has 0 aromatic heterocycles. The van der Waals surface area contributed by atoms with Crippen molar-refractivity contribution in [3.63, 3.8) is 0 Å². The highest BCUT2D eigenvalue weighted by Crippen LogP contribution is 2.48. The third-order valence-corrected chi connectivity index (χ3v) is 4.77. The van der Waals surface area contributed by atoms with Crippen LogP contribution in [0.5, 0.6) is 0 Å². The van der Waals surface area contributed by atoms with Crippen LogP contribution in [-0.2, 0) is 9.47 Å². The van der Waals surface area contributed by atoms with Crippen molar-refractivity contribution < 1.29 is 14.3 Å². The van der Waals surface area contributed by atoms with Gasteiger partial charge in [-0.15, -0.1) is 0 Å². The van der Waals surface area contributed by atoms with E-state index < -0.39 is 5.60 Å². The van der Waals surface area contributed by atoms with Crippen LogP contribution in [0.1, 0.15) is 47.5 Å². The lowest BCUT2D eigenvalue weighted by atomic mass is 9.99. The standard InChI is InChI=1S/C16H30N2O3/c1-11(16(5)7-8-16)17-12-9-18(10-13(12)20-6)14(19)21-15(2,3)4/h11-13,17H,7-10H2,1-6H3/t11?,12?,13-/m0/s1. The molecule has 0 bridgehead atoms. The first-order valence-electron chi connectivity index (χ1n) is 7.91. The van der Waals surface area contributed by atoms with Crippen LogP contribution in [0.3, 0.4) is 0 Å². The maximum atomic E-state index is 12.2. The summed E-state index contributed by atoms with van der Waals surface area (Å²) in [5.74, 6) is 0.